The van der Waals surface area contributed by atoms with Crippen LogP contribution in [0.15, 0.2) is 30.3 Å². The highest BCUT2D eigenvalue weighted by Crippen LogP contribution is 2.24. The summed E-state index contributed by atoms with van der Waals surface area (Å²) in [6.07, 6.45) is 3.69. The number of likely N-dealkylation sites (tertiary alicyclic amines) is 1. The zero-order valence-corrected chi connectivity index (χ0v) is 11.9. The van der Waals surface area contributed by atoms with Crippen LogP contribution < -0.4 is 0 Å². The number of aliphatic carboxylic acids is 1. The van der Waals surface area contributed by atoms with Crippen LogP contribution in [0.2, 0.25) is 5.02 Å². The number of rotatable bonds is 3. The smallest absolute Gasteiger partial charge is 0.308 e. The second-order valence-corrected chi connectivity index (χ2v) is 5.33. The molecular weight excluding hydrogens is 278 g/mol. The Morgan fingerprint density at radius 3 is 2.55 bits per heavy atom. The van der Waals surface area contributed by atoms with Crippen LogP contribution in [0.4, 0.5) is 0 Å². The Kier molecular flexibility index (Phi) is 4.45. The minimum absolute atomic E-state index is 0.156. The van der Waals surface area contributed by atoms with Crippen LogP contribution in [0.5, 0.6) is 0 Å². The van der Waals surface area contributed by atoms with Crippen molar-refractivity contribution in [3.63, 3.8) is 0 Å². The fraction of sp³-hybridized carbons (Fsp3) is 0.333. The van der Waals surface area contributed by atoms with Crippen LogP contribution in [0.25, 0.3) is 6.08 Å². The number of nitrogens with zero attached hydrogens (tertiary/aromatic N) is 1. The van der Waals surface area contributed by atoms with E-state index in [1.807, 2.05) is 12.1 Å². The Labute approximate surface area is 122 Å². The van der Waals surface area contributed by atoms with Crippen LogP contribution >= 0.6 is 11.6 Å². The lowest BCUT2D eigenvalue weighted by Gasteiger charge is -2.21. The SMILES string of the molecule is CC1C(C(=O)O)CCN1C(=O)C=Cc1ccc(Cl)cc1. The van der Waals surface area contributed by atoms with Gasteiger partial charge in [0.1, 0.15) is 0 Å². The number of carbonyl (C=O) groups is 2. The fourth-order valence-corrected chi connectivity index (χ4v) is 2.54. The number of hydrogen-bond donors (Lipinski definition) is 1. The van der Waals surface area contributed by atoms with Crippen molar-refractivity contribution in [2.45, 2.75) is 19.4 Å². The molecule has 2 atom stereocenters. The van der Waals surface area contributed by atoms with Crippen molar-refractivity contribution in [3.8, 4) is 0 Å². The van der Waals surface area contributed by atoms with Crippen molar-refractivity contribution < 1.29 is 14.7 Å². The van der Waals surface area contributed by atoms with E-state index in [0.29, 0.717) is 18.0 Å². The largest absolute Gasteiger partial charge is 0.481 e. The summed E-state index contributed by atoms with van der Waals surface area (Å²) in [6.45, 7) is 2.27. The van der Waals surface area contributed by atoms with E-state index in [2.05, 4.69) is 0 Å². The molecule has 1 aliphatic heterocycles. The highest BCUT2D eigenvalue weighted by atomic mass is 35.5. The molecular formula is C15H16ClNO3. The maximum atomic E-state index is 12.1. The molecule has 1 heterocycles. The number of carboxylic acids is 1. The molecule has 1 aliphatic rings. The molecule has 106 valence electrons. The van der Waals surface area contributed by atoms with Gasteiger partial charge in [0.25, 0.3) is 0 Å². The number of hydrogen-bond acceptors (Lipinski definition) is 2. The normalized spacial score (nSPS) is 22.4. The lowest BCUT2D eigenvalue weighted by Crippen LogP contribution is -2.36. The Hall–Kier alpha value is -1.81. The Morgan fingerprint density at radius 2 is 2.00 bits per heavy atom. The summed E-state index contributed by atoms with van der Waals surface area (Å²) in [7, 11) is 0. The maximum absolute atomic E-state index is 12.1. The number of benzene rings is 1. The number of carbonyl (C=O) groups excluding carboxylic acids is 1. The maximum Gasteiger partial charge on any atom is 0.308 e. The number of amides is 1. The lowest BCUT2D eigenvalue weighted by atomic mass is 10.0. The predicted octanol–water partition coefficient (Wildman–Crippen LogP) is 2.67. The van der Waals surface area contributed by atoms with Crippen LogP contribution in [-0.4, -0.2) is 34.5 Å². The predicted molar refractivity (Wildman–Crippen MR) is 77.4 cm³/mol. The molecule has 20 heavy (non-hydrogen) atoms. The summed E-state index contributed by atoms with van der Waals surface area (Å²) in [5, 5.41) is 9.69. The summed E-state index contributed by atoms with van der Waals surface area (Å²) in [4.78, 5) is 24.7. The molecule has 5 heteroatoms. The molecule has 1 fully saturated rings. The van der Waals surface area contributed by atoms with Gasteiger partial charge in [-0.2, -0.15) is 0 Å². The van der Waals surface area contributed by atoms with Gasteiger partial charge in [0, 0.05) is 23.7 Å². The summed E-state index contributed by atoms with van der Waals surface area (Å²) >= 11 is 5.79. The van der Waals surface area contributed by atoms with Crippen molar-refractivity contribution in [1.82, 2.24) is 4.90 Å². The molecule has 0 saturated carbocycles. The summed E-state index contributed by atoms with van der Waals surface area (Å²) in [5.74, 6) is -1.46. The molecule has 0 radical (unpaired) electrons. The van der Waals surface area contributed by atoms with E-state index in [0.717, 1.165) is 5.56 Å². The molecule has 1 aromatic rings. The molecule has 4 nitrogen and oxygen atoms in total. The first-order valence-electron chi connectivity index (χ1n) is 6.46. The summed E-state index contributed by atoms with van der Waals surface area (Å²) < 4.78 is 0. The molecule has 1 N–H and O–H groups in total. The average Bonchev–Trinajstić information content (AvgIpc) is 2.80. The molecule has 0 bridgehead atoms. The van der Waals surface area contributed by atoms with E-state index in [4.69, 9.17) is 16.7 Å². The Bertz CT molecular complexity index is 539. The van der Waals surface area contributed by atoms with Crippen molar-refractivity contribution >= 4 is 29.6 Å². The van der Waals surface area contributed by atoms with Gasteiger partial charge < -0.3 is 10.0 Å². The van der Waals surface area contributed by atoms with Gasteiger partial charge >= 0.3 is 5.97 Å². The molecule has 2 unspecified atom stereocenters. The van der Waals surface area contributed by atoms with Gasteiger partial charge in [-0.1, -0.05) is 23.7 Å². The van der Waals surface area contributed by atoms with Crippen molar-refractivity contribution in [2.75, 3.05) is 6.54 Å². The minimum Gasteiger partial charge on any atom is -0.481 e. The first-order valence-corrected chi connectivity index (χ1v) is 6.84. The van der Waals surface area contributed by atoms with Gasteiger partial charge in [0.15, 0.2) is 0 Å². The minimum atomic E-state index is -0.838. The first-order chi connectivity index (χ1) is 9.49. The highest BCUT2D eigenvalue weighted by Gasteiger charge is 2.37. The second kappa shape index (κ2) is 6.09. The van der Waals surface area contributed by atoms with E-state index in [9.17, 15) is 9.59 Å². The molecule has 0 aromatic heterocycles. The van der Waals surface area contributed by atoms with Crippen molar-refractivity contribution in [3.05, 3.63) is 40.9 Å². The quantitative estimate of drug-likeness (QED) is 0.872. The third-order valence-electron chi connectivity index (χ3n) is 3.64. The van der Waals surface area contributed by atoms with E-state index in [-0.39, 0.29) is 11.9 Å². The van der Waals surface area contributed by atoms with Gasteiger partial charge in [-0.05, 0) is 37.1 Å². The average molecular weight is 294 g/mol. The topological polar surface area (TPSA) is 57.6 Å². The van der Waals surface area contributed by atoms with E-state index in [1.54, 1.807) is 30.0 Å². The first kappa shape index (κ1) is 14.6. The lowest BCUT2D eigenvalue weighted by molar-refractivity contribution is -0.142. The Morgan fingerprint density at radius 1 is 1.35 bits per heavy atom. The third-order valence-corrected chi connectivity index (χ3v) is 3.90. The molecule has 1 saturated heterocycles. The van der Waals surface area contributed by atoms with Gasteiger partial charge in [0.05, 0.1) is 5.92 Å². The van der Waals surface area contributed by atoms with Crippen LogP contribution in [0, 0.1) is 5.92 Å². The van der Waals surface area contributed by atoms with Crippen LogP contribution in [-0.2, 0) is 9.59 Å². The van der Waals surface area contributed by atoms with Gasteiger partial charge in [-0.25, -0.2) is 0 Å². The van der Waals surface area contributed by atoms with Crippen LogP contribution in [0.1, 0.15) is 18.9 Å². The zero-order chi connectivity index (χ0) is 14.7. The third kappa shape index (κ3) is 3.20. The Balaban J connectivity index is 2.02. The van der Waals surface area contributed by atoms with E-state index in [1.165, 1.54) is 6.08 Å². The molecule has 1 amide bonds. The second-order valence-electron chi connectivity index (χ2n) is 4.89. The molecule has 0 spiro atoms. The zero-order valence-electron chi connectivity index (χ0n) is 11.1. The van der Waals surface area contributed by atoms with Gasteiger partial charge in [-0.15, -0.1) is 0 Å². The summed E-state index contributed by atoms with van der Waals surface area (Å²) in [5.41, 5.74) is 0.879. The monoisotopic (exact) mass is 293 g/mol. The number of halogens is 1. The van der Waals surface area contributed by atoms with Gasteiger partial charge in [0.2, 0.25) is 5.91 Å². The fourth-order valence-electron chi connectivity index (χ4n) is 2.42. The van der Waals surface area contributed by atoms with Crippen molar-refractivity contribution in [2.24, 2.45) is 5.92 Å². The van der Waals surface area contributed by atoms with Gasteiger partial charge in [-0.3, -0.25) is 9.59 Å². The highest BCUT2D eigenvalue weighted by molar-refractivity contribution is 6.30. The van der Waals surface area contributed by atoms with E-state index >= 15 is 0 Å². The van der Waals surface area contributed by atoms with Crippen LogP contribution in [0.3, 0.4) is 0 Å². The molecule has 2 rings (SSSR count). The summed E-state index contributed by atoms with van der Waals surface area (Å²) in [6, 6.07) is 6.88. The standard InChI is InChI=1S/C15H16ClNO3/c1-10-13(15(19)20)8-9-17(10)14(18)7-4-11-2-5-12(16)6-3-11/h2-7,10,13H,8-9H2,1H3,(H,19,20). The molecule has 1 aromatic carbocycles. The number of carboxylic acid groups (broad SMARTS) is 1. The molecule has 0 aliphatic carbocycles. The van der Waals surface area contributed by atoms with E-state index < -0.39 is 11.9 Å². The van der Waals surface area contributed by atoms with Crippen molar-refractivity contribution in [1.29, 1.82) is 0 Å².